The highest BCUT2D eigenvalue weighted by Gasteiger charge is 2.14. The highest BCUT2D eigenvalue weighted by atomic mass is 32.2. The molecule has 1 unspecified atom stereocenters. The molecule has 1 heterocycles. The van der Waals surface area contributed by atoms with Crippen molar-refractivity contribution in [1.29, 1.82) is 0 Å². The first-order valence-electron chi connectivity index (χ1n) is 6.01. The Morgan fingerprint density at radius 1 is 1.28 bits per heavy atom. The number of nitrogens with two attached hydrogens (primary N) is 1. The molecule has 1 aromatic carbocycles. The topological polar surface area (TPSA) is 56.7 Å². The second-order valence-corrected chi connectivity index (χ2v) is 6.00. The van der Waals surface area contributed by atoms with Gasteiger partial charge in [-0.3, -0.25) is 0 Å². The van der Waals surface area contributed by atoms with Crippen molar-refractivity contribution >= 4 is 11.8 Å². The van der Waals surface area contributed by atoms with Crippen LogP contribution in [0.3, 0.4) is 0 Å². The minimum absolute atomic E-state index is 0.0485. The molecule has 1 atom stereocenters. The Hall–Kier alpha value is -1.33. The van der Waals surface area contributed by atoms with Crippen LogP contribution in [0.15, 0.2) is 36.5 Å². The van der Waals surface area contributed by atoms with E-state index in [1.54, 1.807) is 6.20 Å². The van der Waals surface area contributed by atoms with Gasteiger partial charge >= 0.3 is 0 Å². The van der Waals surface area contributed by atoms with Crippen LogP contribution in [0.1, 0.15) is 25.6 Å². The van der Waals surface area contributed by atoms with Gasteiger partial charge in [-0.15, -0.1) is 5.10 Å². The second-order valence-electron chi connectivity index (χ2n) is 4.39. The Balaban J connectivity index is 2.17. The van der Waals surface area contributed by atoms with Gasteiger partial charge in [0.2, 0.25) is 0 Å². The van der Waals surface area contributed by atoms with Gasteiger partial charge in [0.25, 0.3) is 0 Å². The molecule has 4 nitrogen and oxygen atoms in total. The molecule has 0 fully saturated rings. The van der Waals surface area contributed by atoms with E-state index >= 15 is 0 Å². The Morgan fingerprint density at radius 3 is 2.67 bits per heavy atom. The zero-order chi connectivity index (χ0) is 13.0. The van der Waals surface area contributed by atoms with Crippen molar-refractivity contribution in [2.45, 2.75) is 25.1 Å². The van der Waals surface area contributed by atoms with Gasteiger partial charge in [0, 0.05) is 5.75 Å². The van der Waals surface area contributed by atoms with E-state index in [-0.39, 0.29) is 6.04 Å². The molecule has 0 radical (unpaired) electrons. The number of para-hydroxylation sites is 1. The van der Waals surface area contributed by atoms with Gasteiger partial charge in [-0.1, -0.05) is 37.3 Å². The van der Waals surface area contributed by atoms with Crippen LogP contribution in [0.5, 0.6) is 0 Å². The second kappa shape index (κ2) is 6.02. The Bertz CT molecular complexity index is 481. The van der Waals surface area contributed by atoms with Crippen LogP contribution in [0.2, 0.25) is 0 Å². The fraction of sp³-hybridized carbons (Fsp3) is 0.385. The Kier molecular flexibility index (Phi) is 4.38. The molecule has 0 aliphatic heterocycles. The lowest BCUT2D eigenvalue weighted by atomic mass is 10.2. The third kappa shape index (κ3) is 3.11. The number of rotatable bonds is 5. The van der Waals surface area contributed by atoms with Crippen LogP contribution in [-0.2, 0) is 0 Å². The van der Waals surface area contributed by atoms with Crippen LogP contribution in [-0.4, -0.2) is 26.0 Å². The maximum absolute atomic E-state index is 6.20. The largest absolute Gasteiger partial charge is 0.322 e. The maximum atomic E-state index is 6.20. The average molecular weight is 262 g/mol. The van der Waals surface area contributed by atoms with Gasteiger partial charge in [-0.25, -0.2) is 4.68 Å². The van der Waals surface area contributed by atoms with Gasteiger partial charge in [0.15, 0.2) is 0 Å². The van der Waals surface area contributed by atoms with Crippen LogP contribution in [0.4, 0.5) is 0 Å². The van der Waals surface area contributed by atoms with Crippen molar-refractivity contribution in [2.75, 3.05) is 5.75 Å². The fourth-order valence-electron chi connectivity index (χ4n) is 1.65. The first-order valence-corrected chi connectivity index (χ1v) is 7.06. The number of aromatic nitrogens is 3. The summed E-state index contributed by atoms with van der Waals surface area (Å²) in [6.07, 6.45) is 1.75. The molecule has 96 valence electrons. The SMILES string of the molecule is CC(C)SCC(N)c1cnnn1-c1ccccc1. The van der Waals surface area contributed by atoms with E-state index in [9.17, 15) is 0 Å². The van der Waals surface area contributed by atoms with E-state index < -0.39 is 0 Å². The van der Waals surface area contributed by atoms with Crippen LogP contribution in [0, 0.1) is 0 Å². The zero-order valence-electron chi connectivity index (χ0n) is 10.7. The number of thioether (sulfide) groups is 1. The van der Waals surface area contributed by atoms with Gasteiger partial charge in [-0.05, 0) is 17.4 Å². The molecule has 0 bridgehead atoms. The van der Waals surface area contributed by atoms with Gasteiger partial charge in [0.05, 0.1) is 23.6 Å². The van der Waals surface area contributed by atoms with E-state index in [4.69, 9.17) is 5.73 Å². The van der Waals surface area contributed by atoms with Gasteiger partial charge < -0.3 is 5.73 Å². The quantitative estimate of drug-likeness (QED) is 0.899. The van der Waals surface area contributed by atoms with E-state index in [1.807, 2.05) is 46.8 Å². The summed E-state index contributed by atoms with van der Waals surface area (Å²) >= 11 is 1.85. The summed E-state index contributed by atoms with van der Waals surface area (Å²) in [5.74, 6) is 0.873. The number of benzene rings is 1. The van der Waals surface area contributed by atoms with Crippen molar-refractivity contribution in [3.63, 3.8) is 0 Å². The molecule has 0 amide bonds. The molecule has 0 spiro atoms. The normalized spacial score (nSPS) is 12.9. The summed E-state index contributed by atoms with van der Waals surface area (Å²) in [6, 6.07) is 9.90. The summed E-state index contributed by atoms with van der Waals surface area (Å²) in [7, 11) is 0. The van der Waals surface area contributed by atoms with Crippen LogP contribution >= 0.6 is 11.8 Å². The minimum Gasteiger partial charge on any atom is -0.322 e. The molecule has 18 heavy (non-hydrogen) atoms. The smallest absolute Gasteiger partial charge is 0.0821 e. The Morgan fingerprint density at radius 2 is 2.00 bits per heavy atom. The van der Waals surface area contributed by atoms with Crippen molar-refractivity contribution in [2.24, 2.45) is 5.73 Å². The molecule has 5 heteroatoms. The van der Waals surface area contributed by atoms with Crippen LogP contribution in [0.25, 0.3) is 5.69 Å². The highest BCUT2D eigenvalue weighted by molar-refractivity contribution is 7.99. The summed E-state index contributed by atoms with van der Waals surface area (Å²) in [5, 5.41) is 8.66. The minimum atomic E-state index is -0.0485. The lowest BCUT2D eigenvalue weighted by Gasteiger charge is -2.14. The van der Waals surface area contributed by atoms with E-state index in [1.165, 1.54) is 0 Å². The summed E-state index contributed by atoms with van der Waals surface area (Å²) in [6.45, 7) is 4.34. The van der Waals surface area contributed by atoms with E-state index in [2.05, 4.69) is 24.2 Å². The third-order valence-corrected chi connectivity index (χ3v) is 3.78. The molecular weight excluding hydrogens is 244 g/mol. The summed E-state index contributed by atoms with van der Waals surface area (Å²) < 4.78 is 1.81. The van der Waals surface area contributed by atoms with Crippen molar-refractivity contribution in [3.05, 3.63) is 42.2 Å². The predicted molar refractivity (Wildman–Crippen MR) is 75.9 cm³/mol. The average Bonchev–Trinajstić information content (AvgIpc) is 2.86. The van der Waals surface area contributed by atoms with Gasteiger partial charge in [0.1, 0.15) is 0 Å². The highest BCUT2D eigenvalue weighted by Crippen LogP contribution is 2.20. The molecule has 2 rings (SSSR count). The molecule has 0 aliphatic rings. The Labute approximate surface area is 112 Å². The lowest BCUT2D eigenvalue weighted by molar-refractivity contribution is 0.702. The number of hydrogen-bond acceptors (Lipinski definition) is 4. The molecule has 0 aliphatic carbocycles. The zero-order valence-corrected chi connectivity index (χ0v) is 11.5. The first kappa shape index (κ1) is 13.1. The van der Waals surface area contributed by atoms with Crippen molar-refractivity contribution in [1.82, 2.24) is 15.0 Å². The van der Waals surface area contributed by atoms with Crippen LogP contribution < -0.4 is 5.73 Å². The monoisotopic (exact) mass is 262 g/mol. The molecule has 2 N–H and O–H groups in total. The standard InChI is InChI=1S/C13H18N4S/c1-10(2)18-9-12(14)13-8-15-16-17(13)11-6-4-3-5-7-11/h3-8,10,12H,9,14H2,1-2H3. The number of nitrogens with zero attached hydrogens (tertiary/aromatic N) is 3. The molecule has 0 saturated heterocycles. The van der Waals surface area contributed by atoms with Gasteiger partial charge in [-0.2, -0.15) is 11.8 Å². The summed E-state index contributed by atoms with van der Waals surface area (Å²) in [4.78, 5) is 0. The molecular formula is C13H18N4S. The lowest BCUT2D eigenvalue weighted by Crippen LogP contribution is -2.18. The third-order valence-electron chi connectivity index (χ3n) is 2.57. The molecule has 1 aromatic heterocycles. The predicted octanol–water partition coefficient (Wildman–Crippen LogP) is 2.41. The first-order chi connectivity index (χ1) is 8.68. The molecule has 0 saturated carbocycles. The van der Waals surface area contributed by atoms with Crippen molar-refractivity contribution in [3.8, 4) is 5.69 Å². The number of hydrogen-bond donors (Lipinski definition) is 1. The summed E-state index contributed by atoms with van der Waals surface area (Å²) in [5.41, 5.74) is 8.15. The van der Waals surface area contributed by atoms with E-state index in [0.717, 1.165) is 17.1 Å². The van der Waals surface area contributed by atoms with E-state index in [0.29, 0.717) is 5.25 Å². The van der Waals surface area contributed by atoms with Crippen molar-refractivity contribution < 1.29 is 0 Å². The fourth-order valence-corrected chi connectivity index (χ4v) is 2.41. The molecule has 2 aromatic rings. The maximum Gasteiger partial charge on any atom is 0.0821 e.